The van der Waals surface area contributed by atoms with Crippen LogP contribution in [-0.2, 0) is 6.54 Å². The van der Waals surface area contributed by atoms with E-state index in [4.69, 9.17) is 0 Å². The number of nitrogens with zero attached hydrogens (tertiary/aromatic N) is 2. The van der Waals surface area contributed by atoms with E-state index >= 15 is 0 Å². The van der Waals surface area contributed by atoms with Crippen molar-refractivity contribution < 1.29 is 0 Å². The molecule has 0 fully saturated rings. The molecule has 0 aliphatic heterocycles. The third-order valence-corrected chi connectivity index (χ3v) is 2.67. The first kappa shape index (κ1) is 13.0. The van der Waals surface area contributed by atoms with Gasteiger partial charge in [0.15, 0.2) is 0 Å². The van der Waals surface area contributed by atoms with E-state index in [0.29, 0.717) is 0 Å². The normalized spacial score (nSPS) is 10.4. The summed E-state index contributed by atoms with van der Waals surface area (Å²) in [5.74, 6) is 0. The summed E-state index contributed by atoms with van der Waals surface area (Å²) in [6, 6.07) is 2.11. The Bertz CT molecular complexity index is 299. The van der Waals surface area contributed by atoms with Crippen LogP contribution in [0.5, 0.6) is 0 Å². The fourth-order valence-electron chi connectivity index (χ4n) is 1.83. The molecule has 0 atom stereocenters. The third-order valence-electron chi connectivity index (χ3n) is 2.67. The van der Waals surface area contributed by atoms with E-state index in [9.17, 15) is 0 Å². The molecule has 0 radical (unpaired) electrons. The Kier molecular flexibility index (Phi) is 5.86. The van der Waals surface area contributed by atoms with Gasteiger partial charge in [-0.1, -0.05) is 13.8 Å². The average molecular weight is 221 g/mol. The maximum Gasteiger partial charge on any atom is 0.0598 e. The van der Waals surface area contributed by atoms with Crippen LogP contribution in [0.15, 0.2) is 18.5 Å². The van der Waals surface area contributed by atoms with Crippen LogP contribution in [0.4, 0.5) is 5.69 Å². The van der Waals surface area contributed by atoms with E-state index < -0.39 is 0 Å². The summed E-state index contributed by atoms with van der Waals surface area (Å²) in [5.41, 5.74) is 2.61. The summed E-state index contributed by atoms with van der Waals surface area (Å²) in [7, 11) is 0. The molecule has 0 aromatic carbocycles. The van der Waals surface area contributed by atoms with Crippen molar-refractivity contribution in [3.63, 3.8) is 0 Å². The topological polar surface area (TPSA) is 28.2 Å². The zero-order chi connectivity index (χ0) is 11.8. The molecule has 90 valence electrons. The minimum Gasteiger partial charge on any atom is -0.370 e. The second-order valence-electron chi connectivity index (χ2n) is 3.86. The molecule has 0 unspecified atom stereocenters. The van der Waals surface area contributed by atoms with Crippen molar-refractivity contribution in [1.29, 1.82) is 0 Å². The molecular formula is C13H23N3. The van der Waals surface area contributed by atoms with Gasteiger partial charge in [0.25, 0.3) is 0 Å². The predicted octanol–water partition coefficient (Wildman–Crippen LogP) is 2.43. The fourth-order valence-corrected chi connectivity index (χ4v) is 1.83. The zero-order valence-electron chi connectivity index (χ0n) is 10.7. The quantitative estimate of drug-likeness (QED) is 0.766. The van der Waals surface area contributed by atoms with Crippen LogP contribution in [-0.4, -0.2) is 24.6 Å². The van der Waals surface area contributed by atoms with Crippen molar-refractivity contribution in [2.24, 2.45) is 0 Å². The first-order valence-electron chi connectivity index (χ1n) is 6.22. The van der Waals surface area contributed by atoms with E-state index in [1.807, 2.05) is 12.4 Å². The van der Waals surface area contributed by atoms with E-state index in [0.717, 1.165) is 26.2 Å². The lowest BCUT2D eigenvalue weighted by molar-refractivity contribution is 0.715. The Labute approximate surface area is 98.9 Å². The number of rotatable bonds is 7. The molecular weight excluding hydrogens is 198 g/mol. The molecule has 0 aliphatic rings. The van der Waals surface area contributed by atoms with Crippen LogP contribution in [0.3, 0.4) is 0 Å². The lowest BCUT2D eigenvalue weighted by Crippen LogP contribution is -2.26. The molecule has 1 aromatic rings. The molecule has 0 bridgehead atoms. The van der Waals surface area contributed by atoms with Crippen LogP contribution in [0.2, 0.25) is 0 Å². The molecule has 0 aliphatic carbocycles. The highest BCUT2D eigenvalue weighted by Crippen LogP contribution is 2.18. The summed E-state index contributed by atoms with van der Waals surface area (Å²) < 4.78 is 0. The molecule has 3 nitrogen and oxygen atoms in total. The van der Waals surface area contributed by atoms with Gasteiger partial charge in [-0.3, -0.25) is 4.98 Å². The fraction of sp³-hybridized carbons (Fsp3) is 0.615. The maximum atomic E-state index is 4.24. The van der Waals surface area contributed by atoms with Crippen LogP contribution in [0.25, 0.3) is 0 Å². The highest BCUT2D eigenvalue weighted by molar-refractivity contribution is 5.51. The number of nitrogens with one attached hydrogen (secondary N) is 1. The Morgan fingerprint density at radius 3 is 2.75 bits per heavy atom. The highest BCUT2D eigenvalue weighted by Gasteiger charge is 2.08. The summed E-state index contributed by atoms with van der Waals surface area (Å²) in [5, 5.41) is 3.37. The van der Waals surface area contributed by atoms with Gasteiger partial charge in [0.2, 0.25) is 0 Å². The van der Waals surface area contributed by atoms with Crippen LogP contribution < -0.4 is 10.2 Å². The van der Waals surface area contributed by atoms with Crippen molar-refractivity contribution in [3.05, 3.63) is 24.0 Å². The lowest BCUT2D eigenvalue weighted by Gasteiger charge is -2.24. The Morgan fingerprint density at radius 1 is 1.31 bits per heavy atom. The average Bonchev–Trinajstić information content (AvgIpc) is 2.34. The maximum absolute atomic E-state index is 4.24. The van der Waals surface area contributed by atoms with Crippen molar-refractivity contribution >= 4 is 5.69 Å². The summed E-state index contributed by atoms with van der Waals surface area (Å²) in [4.78, 5) is 6.62. The first-order chi connectivity index (χ1) is 7.83. The minimum absolute atomic E-state index is 0.925. The Balaban J connectivity index is 2.82. The Hall–Kier alpha value is -1.09. The van der Waals surface area contributed by atoms with Crippen LogP contribution >= 0.6 is 0 Å². The van der Waals surface area contributed by atoms with Gasteiger partial charge in [0, 0.05) is 25.8 Å². The predicted molar refractivity (Wildman–Crippen MR) is 69.8 cm³/mol. The number of hydrogen-bond acceptors (Lipinski definition) is 3. The van der Waals surface area contributed by atoms with Gasteiger partial charge in [-0.2, -0.15) is 0 Å². The van der Waals surface area contributed by atoms with Crippen molar-refractivity contribution in [3.8, 4) is 0 Å². The molecule has 0 amide bonds. The van der Waals surface area contributed by atoms with Crippen molar-refractivity contribution in [2.45, 2.75) is 33.7 Å². The van der Waals surface area contributed by atoms with Gasteiger partial charge in [0.1, 0.15) is 0 Å². The van der Waals surface area contributed by atoms with Crippen LogP contribution in [0.1, 0.15) is 32.8 Å². The van der Waals surface area contributed by atoms with E-state index in [1.54, 1.807) is 0 Å². The zero-order valence-corrected chi connectivity index (χ0v) is 10.7. The molecule has 0 saturated carbocycles. The number of hydrogen-bond donors (Lipinski definition) is 1. The van der Waals surface area contributed by atoms with Crippen molar-refractivity contribution in [2.75, 3.05) is 24.5 Å². The van der Waals surface area contributed by atoms with Crippen LogP contribution in [0, 0.1) is 0 Å². The molecule has 3 heteroatoms. The highest BCUT2D eigenvalue weighted by atomic mass is 15.1. The summed E-state index contributed by atoms with van der Waals surface area (Å²) in [6.45, 7) is 10.6. The second kappa shape index (κ2) is 7.23. The molecule has 1 rings (SSSR count). The third kappa shape index (κ3) is 3.49. The van der Waals surface area contributed by atoms with Gasteiger partial charge in [-0.15, -0.1) is 0 Å². The van der Waals surface area contributed by atoms with E-state index in [2.05, 4.69) is 42.0 Å². The van der Waals surface area contributed by atoms with E-state index in [1.165, 1.54) is 17.7 Å². The molecule has 0 spiro atoms. The summed E-state index contributed by atoms with van der Waals surface area (Å²) in [6.07, 6.45) is 5.02. The second-order valence-corrected chi connectivity index (χ2v) is 3.86. The number of anilines is 1. The monoisotopic (exact) mass is 221 g/mol. The van der Waals surface area contributed by atoms with Gasteiger partial charge >= 0.3 is 0 Å². The molecule has 1 N–H and O–H groups in total. The molecule has 0 saturated heterocycles. The number of pyridine rings is 1. The van der Waals surface area contributed by atoms with E-state index in [-0.39, 0.29) is 0 Å². The SMILES string of the molecule is CCCN(CC)c1cnccc1CNCC. The van der Waals surface area contributed by atoms with Gasteiger partial charge in [0.05, 0.1) is 11.9 Å². The first-order valence-corrected chi connectivity index (χ1v) is 6.22. The van der Waals surface area contributed by atoms with Crippen molar-refractivity contribution in [1.82, 2.24) is 10.3 Å². The standard InChI is InChI=1S/C13H23N3/c1-4-9-16(6-3)13-11-15-8-7-12(13)10-14-5-2/h7-8,11,14H,4-6,9-10H2,1-3H3. The summed E-state index contributed by atoms with van der Waals surface area (Å²) >= 11 is 0. The lowest BCUT2D eigenvalue weighted by atomic mass is 10.2. The number of aromatic nitrogens is 1. The Morgan fingerprint density at radius 2 is 2.12 bits per heavy atom. The van der Waals surface area contributed by atoms with Gasteiger partial charge in [-0.25, -0.2) is 0 Å². The smallest absolute Gasteiger partial charge is 0.0598 e. The minimum atomic E-state index is 0.925. The molecule has 1 heterocycles. The van der Waals surface area contributed by atoms with Gasteiger partial charge < -0.3 is 10.2 Å². The molecule has 1 aromatic heterocycles. The van der Waals surface area contributed by atoms with Gasteiger partial charge in [-0.05, 0) is 31.5 Å². The largest absolute Gasteiger partial charge is 0.370 e. The molecule has 16 heavy (non-hydrogen) atoms.